The molecule has 0 spiro atoms. The summed E-state index contributed by atoms with van der Waals surface area (Å²) >= 11 is 0. The highest BCUT2D eigenvalue weighted by atomic mass is 15.3. The highest BCUT2D eigenvalue weighted by molar-refractivity contribution is 4.88. The van der Waals surface area contributed by atoms with Gasteiger partial charge in [0.2, 0.25) is 0 Å². The zero-order chi connectivity index (χ0) is 12.0. The molecule has 1 aromatic heterocycles. The van der Waals surface area contributed by atoms with Gasteiger partial charge in [-0.15, -0.1) is 0 Å². The Labute approximate surface area is 98.5 Å². The van der Waals surface area contributed by atoms with E-state index in [0.717, 1.165) is 18.8 Å². The van der Waals surface area contributed by atoms with Gasteiger partial charge >= 0.3 is 0 Å². The van der Waals surface area contributed by atoms with Crippen LogP contribution < -0.4 is 5.32 Å². The maximum absolute atomic E-state index is 4.28. The molecule has 0 bridgehead atoms. The van der Waals surface area contributed by atoms with Gasteiger partial charge in [-0.2, -0.15) is 5.10 Å². The average molecular weight is 224 g/mol. The third-order valence-corrected chi connectivity index (χ3v) is 3.09. The first-order valence-electron chi connectivity index (χ1n) is 6.25. The summed E-state index contributed by atoms with van der Waals surface area (Å²) in [5.41, 5.74) is 0. The average Bonchev–Trinajstić information content (AvgIpc) is 2.65. The predicted octanol–water partition coefficient (Wildman–Crippen LogP) is 1.77. The molecule has 0 aliphatic carbocycles. The van der Waals surface area contributed by atoms with E-state index in [4.69, 9.17) is 0 Å². The monoisotopic (exact) mass is 224 g/mol. The molecule has 2 atom stereocenters. The molecular formula is C12H24N4. The van der Waals surface area contributed by atoms with Gasteiger partial charge in [-0.25, -0.2) is 4.98 Å². The van der Waals surface area contributed by atoms with Crippen molar-refractivity contribution < 1.29 is 0 Å². The van der Waals surface area contributed by atoms with Crippen LogP contribution in [0, 0.1) is 5.92 Å². The fraction of sp³-hybridized carbons (Fsp3) is 0.833. The van der Waals surface area contributed by atoms with E-state index in [-0.39, 0.29) is 0 Å². The Bertz CT molecular complexity index is 295. The van der Waals surface area contributed by atoms with Crippen LogP contribution in [-0.2, 0) is 13.5 Å². The minimum absolute atomic E-state index is 0.580. The Morgan fingerprint density at radius 2 is 2.19 bits per heavy atom. The second-order valence-electron chi connectivity index (χ2n) is 4.45. The fourth-order valence-electron chi connectivity index (χ4n) is 2.01. The van der Waals surface area contributed by atoms with Crippen molar-refractivity contribution in [3.8, 4) is 0 Å². The van der Waals surface area contributed by atoms with Gasteiger partial charge in [0.25, 0.3) is 0 Å². The van der Waals surface area contributed by atoms with Crippen molar-refractivity contribution in [1.29, 1.82) is 0 Å². The number of aromatic nitrogens is 3. The Balaban J connectivity index is 2.49. The number of nitrogens with one attached hydrogen (secondary N) is 1. The van der Waals surface area contributed by atoms with Gasteiger partial charge in [0.15, 0.2) is 0 Å². The molecule has 1 aromatic rings. The van der Waals surface area contributed by atoms with E-state index in [0.29, 0.717) is 12.0 Å². The summed E-state index contributed by atoms with van der Waals surface area (Å²) in [4.78, 5) is 4.28. The van der Waals surface area contributed by atoms with Crippen LogP contribution in [0.1, 0.15) is 39.4 Å². The van der Waals surface area contributed by atoms with E-state index < -0.39 is 0 Å². The lowest BCUT2D eigenvalue weighted by molar-refractivity contribution is 0.356. The predicted molar refractivity (Wildman–Crippen MR) is 66.2 cm³/mol. The third-order valence-electron chi connectivity index (χ3n) is 3.09. The zero-order valence-corrected chi connectivity index (χ0v) is 10.9. The summed E-state index contributed by atoms with van der Waals surface area (Å²) in [6.45, 7) is 7.82. The van der Waals surface area contributed by atoms with Crippen LogP contribution >= 0.6 is 0 Å². The van der Waals surface area contributed by atoms with Crippen LogP contribution in [0.15, 0.2) is 6.33 Å². The highest BCUT2D eigenvalue weighted by Crippen LogP contribution is 2.12. The summed E-state index contributed by atoms with van der Waals surface area (Å²) in [5, 5.41) is 7.70. The van der Waals surface area contributed by atoms with Gasteiger partial charge in [0.05, 0.1) is 0 Å². The molecule has 1 heterocycles. The summed E-state index contributed by atoms with van der Waals surface area (Å²) in [7, 11) is 1.95. The molecule has 0 amide bonds. The highest BCUT2D eigenvalue weighted by Gasteiger charge is 2.16. The van der Waals surface area contributed by atoms with Crippen molar-refractivity contribution in [2.75, 3.05) is 6.54 Å². The molecule has 4 heteroatoms. The molecule has 2 unspecified atom stereocenters. The van der Waals surface area contributed by atoms with Crippen molar-refractivity contribution in [2.24, 2.45) is 13.0 Å². The smallest absolute Gasteiger partial charge is 0.138 e. The van der Waals surface area contributed by atoms with E-state index in [1.165, 1.54) is 12.8 Å². The Morgan fingerprint density at radius 3 is 2.69 bits per heavy atom. The van der Waals surface area contributed by atoms with Crippen LogP contribution in [0.4, 0.5) is 0 Å². The second-order valence-corrected chi connectivity index (χ2v) is 4.45. The van der Waals surface area contributed by atoms with Crippen LogP contribution in [-0.4, -0.2) is 27.4 Å². The van der Waals surface area contributed by atoms with Crippen molar-refractivity contribution in [3.63, 3.8) is 0 Å². The molecule has 4 nitrogen and oxygen atoms in total. The summed E-state index contributed by atoms with van der Waals surface area (Å²) in [6.07, 6.45) is 4.97. The lowest BCUT2D eigenvalue weighted by atomic mass is 9.95. The standard InChI is InChI=1S/C12H24N4/c1-5-7-13-11(6-2)10(3)8-12-14-9-15-16(12)4/h9-11,13H,5-8H2,1-4H3. The second kappa shape index (κ2) is 6.63. The number of hydrogen-bond donors (Lipinski definition) is 1. The molecule has 92 valence electrons. The van der Waals surface area contributed by atoms with Gasteiger partial charge in [-0.1, -0.05) is 20.8 Å². The topological polar surface area (TPSA) is 42.7 Å². The van der Waals surface area contributed by atoms with Crippen LogP contribution in [0.5, 0.6) is 0 Å². The third kappa shape index (κ3) is 3.59. The van der Waals surface area contributed by atoms with E-state index >= 15 is 0 Å². The SMILES string of the molecule is CCCNC(CC)C(C)Cc1ncnn1C. The number of rotatable bonds is 7. The summed E-state index contributed by atoms with van der Waals surface area (Å²) in [5.74, 6) is 1.67. The van der Waals surface area contributed by atoms with Gasteiger partial charge in [-0.05, 0) is 25.3 Å². The fourth-order valence-corrected chi connectivity index (χ4v) is 2.01. The maximum Gasteiger partial charge on any atom is 0.138 e. The lowest BCUT2D eigenvalue weighted by Gasteiger charge is -2.23. The molecule has 1 N–H and O–H groups in total. The zero-order valence-electron chi connectivity index (χ0n) is 10.9. The van der Waals surface area contributed by atoms with Crippen molar-refractivity contribution in [1.82, 2.24) is 20.1 Å². The first-order valence-corrected chi connectivity index (χ1v) is 6.25. The minimum atomic E-state index is 0.580. The van der Waals surface area contributed by atoms with Crippen LogP contribution in [0.25, 0.3) is 0 Å². The molecule has 0 aromatic carbocycles. The quantitative estimate of drug-likeness (QED) is 0.767. The lowest BCUT2D eigenvalue weighted by Crippen LogP contribution is -2.36. The van der Waals surface area contributed by atoms with E-state index in [2.05, 4.69) is 36.2 Å². The summed E-state index contributed by atoms with van der Waals surface area (Å²) < 4.78 is 1.86. The number of nitrogens with zero attached hydrogens (tertiary/aromatic N) is 3. The first kappa shape index (κ1) is 13.2. The molecule has 0 radical (unpaired) electrons. The van der Waals surface area contributed by atoms with Gasteiger partial charge in [0, 0.05) is 19.5 Å². The summed E-state index contributed by atoms with van der Waals surface area (Å²) in [6, 6.07) is 0.580. The molecule has 1 rings (SSSR count). The van der Waals surface area contributed by atoms with Gasteiger partial charge in [0.1, 0.15) is 12.2 Å². The largest absolute Gasteiger partial charge is 0.314 e. The molecule has 16 heavy (non-hydrogen) atoms. The Morgan fingerprint density at radius 1 is 1.44 bits per heavy atom. The van der Waals surface area contributed by atoms with E-state index in [1.807, 2.05) is 11.7 Å². The molecule has 0 aliphatic heterocycles. The van der Waals surface area contributed by atoms with Crippen molar-refractivity contribution in [3.05, 3.63) is 12.2 Å². The van der Waals surface area contributed by atoms with E-state index in [9.17, 15) is 0 Å². The van der Waals surface area contributed by atoms with Gasteiger partial charge < -0.3 is 5.32 Å². The normalized spacial score (nSPS) is 15.0. The number of aryl methyl sites for hydroxylation is 1. The van der Waals surface area contributed by atoms with E-state index in [1.54, 1.807) is 6.33 Å². The van der Waals surface area contributed by atoms with Crippen molar-refractivity contribution in [2.45, 2.75) is 46.1 Å². The molecule has 0 fully saturated rings. The van der Waals surface area contributed by atoms with Crippen LogP contribution in [0.2, 0.25) is 0 Å². The molecule has 0 saturated heterocycles. The Hall–Kier alpha value is -0.900. The van der Waals surface area contributed by atoms with Crippen molar-refractivity contribution >= 4 is 0 Å². The number of hydrogen-bond acceptors (Lipinski definition) is 3. The molecular weight excluding hydrogens is 200 g/mol. The first-order chi connectivity index (χ1) is 7.69. The maximum atomic E-state index is 4.28. The molecule has 0 aliphatic rings. The molecule has 0 saturated carbocycles. The Kier molecular flexibility index (Phi) is 5.46. The minimum Gasteiger partial charge on any atom is -0.314 e. The van der Waals surface area contributed by atoms with Gasteiger partial charge in [-0.3, -0.25) is 4.68 Å². The van der Waals surface area contributed by atoms with Crippen LogP contribution in [0.3, 0.4) is 0 Å².